The zero-order valence-corrected chi connectivity index (χ0v) is 14.0. The molecule has 0 unspecified atom stereocenters. The molecule has 1 aromatic carbocycles. The lowest BCUT2D eigenvalue weighted by Gasteiger charge is -2.19. The third-order valence-corrected chi connectivity index (χ3v) is 2.85. The fourth-order valence-electron chi connectivity index (χ4n) is 1.66. The second-order valence-electron chi connectivity index (χ2n) is 5.51. The molecule has 1 rings (SSSR count). The van der Waals surface area contributed by atoms with Crippen LogP contribution in [-0.2, 0) is 9.53 Å². The SMILES string of the molecule is Cc1cc(Br)cc([N+](=O)[O-])c1OCCC(=O)OC(C)(C)C. The number of nitrogens with zero attached hydrogens (tertiary/aromatic N) is 1. The second kappa shape index (κ2) is 6.89. The highest BCUT2D eigenvalue weighted by Gasteiger charge is 2.20. The van der Waals surface area contributed by atoms with Crippen molar-refractivity contribution in [3.05, 3.63) is 32.3 Å². The van der Waals surface area contributed by atoms with Gasteiger partial charge in [0.25, 0.3) is 0 Å². The van der Waals surface area contributed by atoms with E-state index in [1.54, 1.807) is 33.8 Å². The van der Waals surface area contributed by atoms with Crippen molar-refractivity contribution >= 4 is 27.6 Å². The van der Waals surface area contributed by atoms with Crippen LogP contribution >= 0.6 is 15.9 Å². The van der Waals surface area contributed by atoms with E-state index in [-0.39, 0.29) is 24.5 Å². The van der Waals surface area contributed by atoms with Crippen LogP contribution in [0.15, 0.2) is 16.6 Å². The predicted molar refractivity (Wildman–Crippen MR) is 81.5 cm³/mol. The lowest BCUT2D eigenvalue weighted by molar-refractivity contribution is -0.386. The van der Waals surface area contributed by atoms with Crippen LogP contribution in [0.5, 0.6) is 5.75 Å². The minimum atomic E-state index is -0.559. The molecule has 6 nitrogen and oxygen atoms in total. The van der Waals surface area contributed by atoms with Crippen LogP contribution in [0.1, 0.15) is 32.8 Å². The van der Waals surface area contributed by atoms with Gasteiger partial charge < -0.3 is 9.47 Å². The average Bonchev–Trinajstić information content (AvgIpc) is 2.28. The number of esters is 1. The first-order chi connectivity index (χ1) is 9.60. The highest BCUT2D eigenvalue weighted by atomic mass is 79.9. The summed E-state index contributed by atoms with van der Waals surface area (Å²) in [6.45, 7) is 7.05. The minimum Gasteiger partial charge on any atom is -0.486 e. The van der Waals surface area contributed by atoms with Gasteiger partial charge >= 0.3 is 11.7 Å². The number of rotatable bonds is 5. The van der Waals surface area contributed by atoms with Crippen LogP contribution in [0, 0.1) is 17.0 Å². The fraction of sp³-hybridized carbons (Fsp3) is 0.500. The van der Waals surface area contributed by atoms with E-state index in [9.17, 15) is 14.9 Å². The fourth-order valence-corrected chi connectivity index (χ4v) is 2.22. The number of carbonyl (C=O) groups excluding carboxylic acids is 1. The number of nitro groups is 1. The van der Waals surface area contributed by atoms with Crippen molar-refractivity contribution < 1.29 is 19.2 Å². The number of aryl methyl sites for hydroxylation is 1. The van der Waals surface area contributed by atoms with Crippen molar-refractivity contribution in [2.45, 2.75) is 39.7 Å². The lowest BCUT2D eigenvalue weighted by atomic mass is 10.2. The maximum absolute atomic E-state index is 11.6. The normalized spacial score (nSPS) is 11.1. The van der Waals surface area contributed by atoms with E-state index in [4.69, 9.17) is 9.47 Å². The number of carbonyl (C=O) groups is 1. The third-order valence-electron chi connectivity index (χ3n) is 2.39. The summed E-state index contributed by atoms with van der Waals surface area (Å²) in [5, 5.41) is 11.0. The van der Waals surface area contributed by atoms with Gasteiger partial charge in [0.1, 0.15) is 5.60 Å². The van der Waals surface area contributed by atoms with Crippen LogP contribution < -0.4 is 4.74 Å². The molecule has 0 spiro atoms. The Labute approximate surface area is 131 Å². The number of halogens is 1. The Kier molecular flexibility index (Phi) is 5.71. The maximum Gasteiger partial charge on any atom is 0.312 e. The summed E-state index contributed by atoms with van der Waals surface area (Å²) in [6, 6.07) is 3.09. The number of hydrogen-bond donors (Lipinski definition) is 0. The summed E-state index contributed by atoms with van der Waals surface area (Å²) in [7, 11) is 0. The average molecular weight is 360 g/mol. The summed E-state index contributed by atoms with van der Waals surface area (Å²) in [5.74, 6) is -0.230. The van der Waals surface area contributed by atoms with Gasteiger partial charge in [-0.15, -0.1) is 0 Å². The van der Waals surface area contributed by atoms with Gasteiger partial charge in [0.05, 0.1) is 18.0 Å². The summed E-state index contributed by atoms with van der Waals surface area (Å²) in [5.41, 5.74) is -0.0670. The van der Waals surface area contributed by atoms with Crippen molar-refractivity contribution in [1.29, 1.82) is 0 Å². The van der Waals surface area contributed by atoms with Gasteiger partial charge in [0.15, 0.2) is 5.75 Å². The molecule has 0 N–H and O–H groups in total. The number of nitro benzene ring substituents is 1. The summed E-state index contributed by atoms with van der Waals surface area (Å²) < 4.78 is 11.2. The van der Waals surface area contributed by atoms with Crippen molar-refractivity contribution in [2.75, 3.05) is 6.61 Å². The molecule has 0 radical (unpaired) electrons. The van der Waals surface area contributed by atoms with Crippen LogP contribution in [0.3, 0.4) is 0 Å². The molecule has 0 saturated heterocycles. The molecule has 0 atom stereocenters. The Morgan fingerprint density at radius 1 is 1.38 bits per heavy atom. The molecule has 0 saturated carbocycles. The topological polar surface area (TPSA) is 78.7 Å². The molecule has 0 heterocycles. The first kappa shape index (κ1) is 17.4. The van der Waals surface area contributed by atoms with Crippen molar-refractivity contribution in [2.24, 2.45) is 0 Å². The third kappa shape index (κ3) is 5.71. The number of ether oxygens (including phenoxy) is 2. The number of hydrogen-bond acceptors (Lipinski definition) is 5. The van der Waals surface area contributed by atoms with Crippen molar-refractivity contribution in [1.82, 2.24) is 0 Å². The monoisotopic (exact) mass is 359 g/mol. The molecule has 0 aromatic heterocycles. The van der Waals surface area contributed by atoms with Crippen LogP contribution in [0.4, 0.5) is 5.69 Å². The van der Waals surface area contributed by atoms with Gasteiger partial charge in [-0.05, 0) is 39.3 Å². The van der Waals surface area contributed by atoms with Crippen molar-refractivity contribution in [3.63, 3.8) is 0 Å². The van der Waals surface area contributed by atoms with Gasteiger partial charge in [-0.1, -0.05) is 15.9 Å². The Bertz CT molecular complexity index is 551. The van der Waals surface area contributed by atoms with E-state index in [1.807, 2.05) is 0 Å². The molecular formula is C14H18BrNO5. The van der Waals surface area contributed by atoms with E-state index in [2.05, 4.69) is 15.9 Å². The van der Waals surface area contributed by atoms with E-state index in [1.165, 1.54) is 6.07 Å². The van der Waals surface area contributed by atoms with Crippen LogP contribution in [0.25, 0.3) is 0 Å². The molecule has 21 heavy (non-hydrogen) atoms. The summed E-state index contributed by atoms with van der Waals surface area (Å²) in [4.78, 5) is 22.1. The minimum absolute atomic E-state index is 0.0260. The first-order valence-corrected chi connectivity index (χ1v) is 7.18. The van der Waals surface area contributed by atoms with Crippen LogP contribution in [0.2, 0.25) is 0 Å². The van der Waals surface area contributed by atoms with Gasteiger partial charge in [-0.25, -0.2) is 0 Å². The Balaban J connectivity index is 2.72. The zero-order valence-electron chi connectivity index (χ0n) is 12.4. The summed E-state index contributed by atoms with van der Waals surface area (Å²) >= 11 is 3.21. The van der Waals surface area contributed by atoms with Gasteiger partial charge in [0.2, 0.25) is 0 Å². The van der Waals surface area contributed by atoms with E-state index in [0.717, 1.165) is 0 Å². The lowest BCUT2D eigenvalue weighted by Crippen LogP contribution is -2.24. The molecule has 116 valence electrons. The molecule has 0 amide bonds. The summed E-state index contributed by atoms with van der Waals surface area (Å²) in [6.07, 6.45) is 0.0317. The molecule has 1 aromatic rings. The number of benzene rings is 1. The van der Waals surface area contributed by atoms with E-state index in [0.29, 0.717) is 10.0 Å². The molecule has 0 fully saturated rings. The first-order valence-electron chi connectivity index (χ1n) is 6.39. The van der Waals surface area contributed by atoms with Gasteiger partial charge in [0, 0.05) is 10.5 Å². The highest BCUT2D eigenvalue weighted by molar-refractivity contribution is 9.10. The maximum atomic E-state index is 11.6. The van der Waals surface area contributed by atoms with Crippen molar-refractivity contribution in [3.8, 4) is 5.75 Å². The smallest absolute Gasteiger partial charge is 0.312 e. The largest absolute Gasteiger partial charge is 0.486 e. The van der Waals surface area contributed by atoms with Gasteiger partial charge in [-0.3, -0.25) is 14.9 Å². The van der Waals surface area contributed by atoms with Crippen LogP contribution in [-0.4, -0.2) is 23.1 Å². The Morgan fingerprint density at radius 3 is 2.52 bits per heavy atom. The van der Waals surface area contributed by atoms with E-state index < -0.39 is 16.5 Å². The molecule has 0 bridgehead atoms. The molecule has 0 aliphatic carbocycles. The van der Waals surface area contributed by atoms with Gasteiger partial charge in [-0.2, -0.15) is 0 Å². The van der Waals surface area contributed by atoms with E-state index >= 15 is 0 Å². The molecular weight excluding hydrogens is 342 g/mol. The Morgan fingerprint density at radius 2 is 2.00 bits per heavy atom. The Hall–Kier alpha value is -1.63. The highest BCUT2D eigenvalue weighted by Crippen LogP contribution is 2.34. The molecule has 0 aliphatic heterocycles. The quantitative estimate of drug-likeness (QED) is 0.454. The predicted octanol–water partition coefficient (Wildman–Crippen LogP) is 3.78. The molecule has 7 heteroatoms. The molecule has 0 aliphatic rings. The second-order valence-corrected chi connectivity index (χ2v) is 6.43. The zero-order chi connectivity index (χ0) is 16.2. The standard InChI is InChI=1S/C14H18BrNO5/c1-9-7-10(15)8-11(16(18)19)13(9)20-6-5-12(17)21-14(2,3)4/h7-8H,5-6H2,1-4H3.